The summed E-state index contributed by atoms with van der Waals surface area (Å²) in [5.74, 6) is 2.83. The van der Waals surface area contributed by atoms with Crippen molar-refractivity contribution < 1.29 is 28.7 Å². The number of nitrogens with zero attached hydrogens (tertiary/aromatic N) is 2. The fraction of sp³-hybridized carbons (Fsp3) is 0.261. The van der Waals surface area contributed by atoms with Gasteiger partial charge in [-0.15, -0.1) is 5.10 Å². The molecule has 0 radical (unpaired) electrons. The minimum Gasteiger partial charge on any atom is -0.450 e. The van der Waals surface area contributed by atoms with Crippen molar-refractivity contribution >= 4 is 70.5 Å². The SMILES string of the molecule is CCOC(=O)NC(=O)CC(=O)N(C(=O)OC(C)=NN)c1cc(Cl)c(Sc2ccc(C)c(C)c2)c(Cl)c1. The molecule has 0 bridgehead atoms. The number of carbonyl (C=O) groups is 4. The van der Waals surface area contributed by atoms with E-state index in [0.717, 1.165) is 16.0 Å². The van der Waals surface area contributed by atoms with Gasteiger partial charge in [0, 0.05) is 16.7 Å². The number of nitrogens with one attached hydrogen (secondary N) is 1. The van der Waals surface area contributed by atoms with E-state index < -0.39 is 30.4 Å². The zero-order chi connectivity index (χ0) is 27.0. The Kier molecular flexibility index (Phi) is 10.6. The van der Waals surface area contributed by atoms with Crippen LogP contribution in [-0.4, -0.2) is 36.5 Å². The molecule has 0 aliphatic carbocycles. The second-order valence-electron chi connectivity index (χ2n) is 7.28. The number of hydrazone groups is 1. The zero-order valence-corrected chi connectivity index (χ0v) is 22.2. The molecular formula is C23H24Cl2N4O6S. The van der Waals surface area contributed by atoms with Crippen LogP contribution in [-0.2, 0) is 19.1 Å². The number of benzene rings is 2. The van der Waals surface area contributed by atoms with E-state index in [2.05, 4.69) is 9.84 Å². The summed E-state index contributed by atoms with van der Waals surface area (Å²) in [5.41, 5.74) is 2.14. The molecule has 0 atom stereocenters. The Morgan fingerprint density at radius 3 is 2.28 bits per heavy atom. The monoisotopic (exact) mass is 554 g/mol. The summed E-state index contributed by atoms with van der Waals surface area (Å²) < 4.78 is 9.55. The normalized spacial score (nSPS) is 11.0. The highest BCUT2D eigenvalue weighted by Crippen LogP contribution is 2.41. The van der Waals surface area contributed by atoms with Crippen LogP contribution in [0.3, 0.4) is 0 Å². The van der Waals surface area contributed by atoms with Crippen molar-refractivity contribution in [2.45, 2.75) is 43.9 Å². The molecule has 3 N–H and O–H groups in total. The van der Waals surface area contributed by atoms with Crippen LogP contribution in [0.1, 0.15) is 31.4 Å². The zero-order valence-electron chi connectivity index (χ0n) is 19.9. The molecule has 0 unspecified atom stereocenters. The molecule has 13 heteroatoms. The fourth-order valence-electron chi connectivity index (χ4n) is 2.76. The van der Waals surface area contributed by atoms with E-state index in [4.69, 9.17) is 33.8 Å². The first-order chi connectivity index (χ1) is 17.0. The van der Waals surface area contributed by atoms with Crippen LogP contribution in [0.4, 0.5) is 15.3 Å². The average Bonchev–Trinajstić information content (AvgIpc) is 2.78. The molecule has 192 valence electrons. The molecule has 0 saturated carbocycles. The van der Waals surface area contributed by atoms with Crippen molar-refractivity contribution in [1.29, 1.82) is 0 Å². The molecule has 0 aliphatic rings. The van der Waals surface area contributed by atoms with Crippen LogP contribution >= 0.6 is 35.0 Å². The molecule has 0 saturated heterocycles. The van der Waals surface area contributed by atoms with Crippen LogP contribution in [0.15, 0.2) is 45.2 Å². The van der Waals surface area contributed by atoms with Gasteiger partial charge >= 0.3 is 12.2 Å². The van der Waals surface area contributed by atoms with Gasteiger partial charge in [-0.05, 0) is 56.2 Å². The summed E-state index contributed by atoms with van der Waals surface area (Å²) in [4.78, 5) is 51.2. The quantitative estimate of drug-likeness (QED) is 0.163. The number of ether oxygens (including phenoxy) is 2. The molecule has 4 amide bonds. The van der Waals surface area contributed by atoms with E-state index in [-0.39, 0.29) is 28.2 Å². The Bertz CT molecular complexity index is 1200. The number of nitrogens with two attached hydrogens (primary N) is 1. The van der Waals surface area contributed by atoms with E-state index in [9.17, 15) is 19.2 Å². The summed E-state index contributed by atoms with van der Waals surface area (Å²) in [5, 5.41) is 5.40. The number of carbonyl (C=O) groups excluding carboxylic acids is 4. The molecule has 0 heterocycles. The van der Waals surface area contributed by atoms with Crippen LogP contribution in [0.5, 0.6) is 0 Å². The van der Waals surface area contributed by atoms with Gasteiger partial charge in [0.1, 0.15) is 6.42 Å². The van der Waals surface area contributed by atoms with E-state index in [1.807, 2.05) is 37.4 Å². The van der Waals surface area contributed by atoms with Gasteiger partial charge in [-0.25, -0.2) is 14.5 Å². The van der Waals surface area contributed by atoms with Gasteiger partial charge in [0.25, 0.3) is 0 Å². The second kappa shape index (κ2) is 13.1. The van der Waals surface area contributed by atoms with E-state index >= 15 is 0 Å². The predicted octanol–water partition coefficient (Wildman–Crippen LogP) is 5.19. The first kappa shape index (κ1) is 29.0. The van der Waals surface area contributed by atoms with Crippen molar-refractivity contribution in [1.82, 2.24) is 5.32 Å². The summed E-state index contributed by atoms with van der Waals surface area (Å²) in [6.07, 6.45) is -3.13. The molecule has 0 aliphatic heterocycles. The van der Waals surface area contributed by atoms with Gasteiger partial charge in [-0.1, -0.05) is 41.0 Å². The predicted molar refractivity (Wildman–Crippen MR) is 138 cm³/mol. The summed E-state index contributed by atoms with van der Waals surface area (Å²) in [6, 6.07) is 8.51. The number of halogens is 2. The Balaban J connectivity index is 2.39. The number of imide groups is 2. The number of alkyl carbamates (subject to hydrolysis) is 1. The Labute approximate surface area is 222 Å². The molecule has 2 rings (SSSR count). The largest absolute Gasteiger partial charge is 0.450 e. The maximum absolute atomic E-state index is 12.9. The van der Waals surface area contributed by atoms with Crippen LogP contribution < -0.4 is 16.1 Å². The van der Waals surface area contributed by atoms with Crippen molar-refractivity contribution in [2.24, 2.45) is 10.9 Å². The third-order valence-corrected chi connectivity index (χ3v) is 6.57. The van der Waals surface area contributed by atoms with Gasteiger partial charge in [-0.3, -0.25) is 14.9 Å². The van der Waals surface area contributed by atoms with Gasteiger partial charge in [0.2, 0.25) is 17.7 Å². The van der Waals surface area contributed by atoms with E-state index in [1.165, 1.54) is 30.8 Å². The lowest BCUT2D eigenvalue weighted by molar-refractivity contribution is -0.127. The van der Waals surface area contributed by atoms with Crippen molar-refractivity contribution in [3.8, 4) is 0 Å². The lowest BCUT2D eigenvalue weighted by Gasteiger charge is -2.21. The highest BCUT2D eigenvalue weighted by molar-refractivity contribution is 7.99. The van der Waals surface area contributed by atoms with Crippen LogP contribution in [0.25, 0.3) is 0 Å². The number of anilines is 1. The molecule has 2 aromatic rings. The standard InChI is InChI=1S/C23H24Cl2N4O6S/c1-5-34-22(32)27-19(30)11-20(31)29(23(33)35-14(4)28-26)15-9-17(24)21(18(25)10-15)36-16-7-6-12(2)13(3)8-16/h6-10H,5,11,26H2,1-4H3,(H,27,30,32). The van der Waals surface area contributed by atoms with Crippen molar-refractivity contribution in [2.75, 3.05) is 11.5 Å². The van der Waals surface area contributed by atoms with Gasteiger partial charge < -0.3 is 15.3 Å². The highest BCUT2D eigenvalue weighted by Gasteiger charge is 2.29. The van der Waals surface area contributed by atoms with Gasteiger partial charge in [0.05, 0.1) is 22.3 Å². The van der Waals surface area contributed by atoms with E-state index in [1.54, 1.807) is 6.92 Å². The summed E-state index contributed by atoms with van der Waals surface area (Å²) in [6.45, 7) is 6.83. The lowest BCUT2D eigenvalue weighted by atomic mass is 10.1. The molecule has 10 nitrogen and oxygen atoms in total. The first-order valence-corrected chi connectivity index (χ1v) is 12.0. The fourth-order valence-corrected chi connectivity index (χ4v) is 4.39. The molecule has 0 aromatic heterocycles. The smallest absolute Gasteiger partial charge is 0.427 e. The molecular weight excluding hydrogens is 531 g/mol. The number of hydrogen-bond acceptors (Lipinski definition) is 9. The van der Waals surface area contributed by atoms with Gasteiger partial charge in [-0.2, -0.15) is 0 Å². The topological polar surface area (TPSA) is 140 Å². The Morgan fingerprint density at radius 1 is 1.08 bits per heavy atom. The Hall–Kier alpha value is -3.28. The number of rotatable bonds is 6. The number of hydrogen-bond donors (Lipinski definition) is 2. The average molecular weight is 555 g/mol. The maximum atomic E-state index is 12.9. The third-order valence-electron chi connectivity index (χ3n) is 4.62. The number of aryl methyl sites for hydroxylation is 2. The molecule has 0 fully saturated rings. The lowest BCUT2D eigenvalue weighted by Crippen LogP contribution is -2.42. The van der Waals surface area contributed by atoms with Gasteiger partial charge in [0.15, 0.2) is 0 Å². The minimum atomic E-state index is -1.21. The van der Waals surface area contributed by atoms with E-state index in [0.29, 0.717) is 9.80 Å². The molecule has 0 spiro atoms. The van der Waals surface area contributed by atoms with Crippen LogP contribution in [0.2, 0.25) is 10.0 Å². The maximum Gasteiger partial charge on any atom is 0.427 e. The number of amides is 4. The van der Waals surface area contributed by atoms with Crippen molar-refractivity contribution in [3.63, 3.8) is 0 Å². The van der Waals surface area contributed by atoms with Crippen molar-refractivity contribution in [3.05, 3.63) is 51.5 Å². The first-order valence-electron chi connectivity index (χ1n) is 10.5. The second-order valence-corrected chi connectivity index (χ2v) is 9.18. The third kappa shape index (κ3) is 7.87. The summed E-state index contributed by atoms with van der Waals surface area (Å²) in [7, 11) is 0. The summed E-state index contributed by atoms with van der Waals surface area (Å²) >= 11 is 14.2. The minimum absolute atomic E-state index is 0.0206. The Morgan fingerprint density at radius 2 is 1.72 bits per heavy atom. The molecule has 2 aromatic carbocycles. The molecule has 36 heavy (non-hydrogen) atoms. The van der Waals surface area contributed by atoms with Crippen LogP contribution in [0, 0.1) is 13.8 Å². The highest BCUT2D eigenvalue weighted by atomic mass is 35.5.